The van der Waals surface area contributed by atoms with E-state index < -0.39 is 66.5 Å². The predicted octanol–water partition coefficient (Wildman–Crippen LogP) is 1.38. The molecule has 3 rings (SSSR count). The fraction of sp³-hybridized carbons (Fsp3) is 0.609. The molecule has 1 aromatic rings. The summed E-state index contributed by atoms with van der Waals surface area (Å²) in [5.74, 6) is 0. The van der Waals surface area contributed by atoms with Crippen molar-refractivity contribution in [2.24, 2.45) is 12.8 Å². The molecule has 0 radical (unpaired) electrons. The Bertz CT molecular complexity index is 1370. The molecular weight excluding hydrogens is 538 g/mol. The third-order valence-electron chi connectivity index (χ3n) is 7.10. The first kappa shape index (κ1) is 29.8. The van der Waals surface area contributed by atoms with Crippen molar-refractivity contribution in [2.45, 2.75) is 69.9 Å². The largest absolute Gasteiger partial charge is 0.508 e. The summed E-state index contributed by atoms with van der Waals surface area (Å²) in [6, 6.07) is 0. The van der Waals surface area contributed by atoms with Gasteiger partial charge in [0, 0.05) is 18.8 Å². The van der Waals surface area contributed by atoms with Crippen molar-refractivity contribution in [1.29, 1.82) is 0 Å². The second-order valence-corrected chi connectivity index (χ2v) is 16.9. The zero-order chi connectivity index (χ0) is 28.8. The van der Waals surface area contributed by atoms with Crippen molar-refractivity contribution in [2.75, 3.05) is 13.2 Å². The molecule has 2 N–H and O–H groups in total. The smallest absolute Gasteiger partial charge is 0.431 e. The van der Waals surface area contributed by atoms with E-state index in [9.17, 15) is 22.8 Å². The molecule has 0 amide bonds. The highest BCUT2D eigenvalue weighted by molar-refractivity contribution is 7.90. The third kappa shape index (κ3) is 5.25. The number of nitrogens with zero attached hydrogens (tertiary/aromatic N) is 2. The predicted molar refractivity (Wildman–Crippen MR) is 139 cm³/mol. The van der Waals surface area contributed by atoms with E-state index in [1.54, 1.807) is 0 Å². The minimum atomic E-state index is -4.29. The average molecular weight is 574 g/mol. The van der Waals surface area contributed by atoms with Gasteiger partial charge in [-0.2, -0.15) is 8.42 Å². The summed E-state index contributed by atoms with van der Waals surface area (Å²) >= 11 is 0. The standard InChI is InChI=1S/C23H35N3O10SSi/c1-9-10-32-21(29)33-12-16-23(15(24)13-37(30,31)36-23)17(35-38(7,8)22(3,4)5)19(34-16)26-11-14(2)18(27)25(6)20(26)28/h9,11,13,16-17,19H,1,10,12,24H2,2-8H3/t16-,17+,19-,23?/m1/s1. The fourth-order valence-corrected chi connectivity index (χ4v) is 6.56. The van der Waals surface area contributed by atoms with Crippen molar-refractivity contribution in [3.05, 3.63) is 56.4 Å². The van der Waals surface area contributed by atoms with E-state index in [-0.39, 0.29) is 22.9 Å². The number of nitrogens with two attached hydrogens (primary N) is 1. The van der Waals surface area contributed by atoms with Crippen LogP contribution in [0, 0.1) is 6.92 Å². The number of aromatic nitrogens is 2. The van der Waals surface area contributed by atoms with E-state index in [1.807, 2.05) is 33.9 Å². The van der Waals surface area contributed by atoms with Crippen LogP contribution >= 0.6 is 0 Å². The zero-order valence-electron chi connectivity index (χ0n) is 22.5. The average Bonchev–Trinajstić information content (AvgIpc) is 3.22. The van der Waals surface area contributed by atoms with Gasteiger partial charge in [0.05, 0.1) is 11.1 Å². The van der Waals surface area contributed by atoms with Gasteiger partial charge in [0.2, 0.25) is 0 Å². The zero-order valence-corrected chi connectivity index (χ0v) is 24.4. The highest BCUT2D eigenvalue weighted by atomic mass is 32.2. The molecular formula is C23H35N3O10SSi. The molecule has 0 aliphatic carbocycles. The van der Waals surface area contributed by atoms with E-state index in [1.165, 1.54) is 26.2 Å². The Morgan fingerprint density at radius 2 is 1.92 bits per heavy atom. The monoisotopic (exact) mass is 573 g/mol. The van der Waals surface area contributed by atoms with Crippen molar-refractivity contribution >= 4 is 24.6 Å². The number of carbonyl (C=O) groups excluding carboxylic acids is 1. The van der Waals surface area contributed by atoms with E-state index in [0.717, 1.165) is 14.5 Å². The number of carbonyl (C=O) groups is 1. The van der Waals surface area contributed by atoms with Crippen LogP contribution in [0.15, 0.2) is 39.5 Å². The van der Waals surface area contributed by atoms with E-state index in [2.05, 4.69) is 6.58 Å². The van der Waals surface area contributed by atoms with E-state index in [0.29, 0.717) is 0 Å². The third-order valence-corrected chi connectivity index (χ3v) is 12.6. The van der Waals surface area contributed by atoms with Gasteiger partial charge in [0.15, 0.2) is 20.1 Å². The molecule has 1 aromatic heterocycles. The summed E-state index contributed by atoms with van der Waals surface area (Å²) < 4.78 is 55.8. The van der Waals surface area contributed by atoms with Crippen LogP contribution < -0.4 is 17.0 Å². The second kappa shape index (κ2) is 10.1. The maximum Gasteiger partial charge on any atom is 0.508 e. The second-order valence-electron chi connectivity index (χ2n) is 10.8. The molecule has 1 unspecified atom stereocenters. The van der Waals surface area contributed by atoms with Crippen LogP contribution in [-0.2, 0) is 40.0 Å². The first-order valence-corrected chi connectivity index (χ1v) is 16.2. The van der Waals surface area contributed by atoms with Crippen molar-refractivity contribution in [3.8, 4) is 0 Å². The minimum Gasteiger partial charge on any atom is -0.431 e. The number of hydrogen-bond donors (Lipinski definition) is 1. The Kier molecular flexibility index (Phi) is 7.93. The fourth-order valence-electron chi connectivity index (χ4n) is 4.05. The van der Waals surface area contributed by atoms with Gasteiger partial charge in [-0.1, -0.05) is 33.4 Å². The molecule has 212 valence electrons. The minimum absolute atomic E-state index is 0.116. The molecule has 1 saturated heterocycles. The summed E-state index contributed by atoms with van der Waals surface area (Å²) in [6.07, 6.45) is -2.35. The molecule has 4 atom stereocenters. The number of rotatable bonds is 7. The Labute approximate surface area is 222 Å². The van der Waals surface area contributed by atoms with Crippen LogP contribution in [0.2, 0.25) is 18.1 Å². The maximum absolute atomic E-state index is 13.2. The highest BCUT2D eigenvalue weighted by Gasteiger charge is 2.67. The summed E-state index contributed by atoms with van der Waals surface area (Å²) in [5, 5.41) is 0.390. The van der Waals surface area contributed by atoms with Gasteiger partial charge in [0.1, 0.15) is 25.4 Å². The molecule has 0 bridgehead atoms. The van der Waals surface area contributed by atoms with Gasteiger partial charge in [-0.05, 0) is 25.1 Å². The van der Waals surface area contributed by atoms with Gasteiger partial charge in [0.25, 0.3) is 15.7 Å². The molecule has 13 nitrogen and oxygen atoms in total. The summed E-state index contributed by atoms with van der Waals surface area (Å²) in [5.41, 5.74) is 3.05. The number of hydrogen-bond acceptors (Lipinski definition) is 11. The van der Waals surface area contributed by atoms with Crippen LogP contribution in [0.3, 0.4) is 0 Å². The van der Waals surface area contributed by atoms with Gasteiger partial charge in [-0.25, -0.2) is 13.8 Å². The Morgan fingerprint density at radius 3 is 2.45 bits per heavy atom. The van der Waals surface area contributed by atoms with E-state index >= 15 is 0 Å². The van der Waals surface area contributed by atoms with E-state index in [4.69, 9.17) is 28.6 Å². The lowest BCUT2D eigenvalue weighted by molar-refractivity contribution is -0.0692. The molecule has 0 saturated carbocycles. The maximum atomic E-state index is 13.2. The lowest BCUT2D eigenvalue weighted by atomic mass is 9.89. The van der Waals surface area contributed by atoms with Gasteiger partial charge < -0.3 is 24.4 Å². The van der Waals surface area contributed by atoms with Crippen LogP contribution in [0.25, 0.3) is 0 Å². The SMILES string of the molecule is C=CCOC(=O)OC[C@H]1O[C@@H](n2cc(C)c(=O)n(C)c2=O)[C@H](O[Si](C)(C)C(C)(C)C)C12OS(=O)(=O)C=C2N. The summed E-state index contributed by atoms with van der Waals surface area (Å²) in [4.78, 5) is 37.7. The van der Waals surface area contributed by atoms with Gasteiger partial charge in [-0.3, -0.25) is 13.9 Å². The van der Waals surface area contributed by atoms with Crippen LogP contribution in [-0.4, -0.2) is 63.0 Å². The molecule has 15 heteroatoms. The van der Waals surface area contributed by atoms with Crippen LogP contribution in [0.5, 0.6) is 0 Å². The van der Waals surface area contributed by atoms with Gasteiger partial charge in [-0.15, -0.1) is 0 Å². The lowest BCUT2D eigenvalue weighted by Gasteiger charge is -2.43. The van der Waals surface area contributed by atoms with Crippen LogP contribution in [0.4, 0.5) is 4.79 Å². The van der Waals surface area contributed by atoms with Crippen LogP contribution in [0.1, 0.15) is 32.6 Å². The molecule has 38 heavy (non-hydrogen) atoms. The highest BCUT2D eigenvalue weighted by Crippen LogP contribution is 2.51. The Balaban J connectivity index is 2.22. The van der Waals surface area contributed by atoms with Crippen molar-refractivity contribution in [1.82, 2.24) is 9.13 Å². The molecule has 0 aromatic carbocycles. The van der Waals surface area contributed by atoms with Crippen molar-refractivity contribution < 1.29 is 36.0 Å². The Hall–Kier alpha value is -2.72. The van der Waals surface area contributed by atoms with Crippen molar-refractivity contribution in [3.63, 3.8) is 0 Å². The molecule has 3 heterocycles. The number of ether oxygens (including phenoxy) is 3. The first-order valence-electron chi connectivity index (χ1n) is 11.8. The normalized spacial score (nSPS) is 26.8. The molecule has 2 aliphatic heterocycles. The molecule has 1 fully saturated rings. The topological polar surface area (TPSA) is 167 Å². The lowest BCUT2D eigenvalue weighted by Crippen LogP contribution is -2.59. The Morgan fingerprint density at radius 1 is 1.29 bits per heavy atom. The summed E-state index contributed by atoms with van der Waals surface area (Å²) in [6.45, 7) is 14.1. The molecule has 2 aliphatic rings. The molecule has 1 spiro atoms. The quantitative estimate of drug-likeness (QED) is 0.217. The number of aryl methyl sites for hydroxylation is 1. The van der Waals surface area contributed by atoms with Gasteiger partial charge >= 0.3 is 11.8 Å². The summed E-state index contributed by atoms with van der Waals surface area (Å²) in [7, 11) is -5.71. The first-order chi connectivity index (χ1) is 17.4.